The molecule has 144 valence electrons. The van der Waals surface area contributed by atoms with E-state index in [1.54, 1.807) is 13.4 Å². The average Bonchev–Trinajstić information content (AvgIpc) is 3.28. The first-order valence-corrected chi connectivity index (χ1v) is 9.90. The van der Waals surface area contributed by atoms with Crippen LogP contribution in [0.2, 0.25) is 0 Å². The minimum atomic E-state index is 0.209. The van der Waals surface area contributed by atoms with Crippen LogP contribution >= 0.6 is 0 Å². The molecule has 0 radical (unpaired) electrons. The molecule has 7 nitrogen and oxygen atoms in total. The SMILES string of the molecule is CO[C@H]1CCN(c2cc(C3NNC4CCC(OC(C)C)CC43)ncn2)C1. The van der Waals surface area contributed by atoms with E-state index in [-0.39, 0.29) is 12.1 Å². The minimum absolute atomic E-state index is 0.209. The summed E-state index contributed by atoms with van der Waals surface area (Å²) in [6, 6.07) is 2.85. The third kappa shape index (κ3) is 3.71. The van der Waals surface area contributed by atoms with Crippen LogP contribution in [-0.2, 0) is 9.47 Å². The van der Waals surface area contributed by atoms with Crippen LogP contribution in [0.15, 0.2) is 12.4 Å². The molecule has 0 spiro atoms. The number of rotatable bonds is 5. The zero-order chi connectivity index (χ0) is 18.1. The van der Waals surface area contributed by atoms with E-state index in [1.807, 2.05) is 0 Å². The van der Waals surface area contributed by atoms with Crippen LogP contribution in [-0.4, -0.2) is 54.5 Å². The van der Waals surface area contributed by atoms with Crippen molar-refractivity contribution in [3.63, 3.8) is 0 Å². The molecule has 3 aliphatic rings. The van der Waals surface area contributed by atoms with Crippen LogP contribution in [0.3, 0.4) is 0 Å². The van der Waals surface area contributed by atoms with Gasteiger partial charge < -0.3 is 14.4 Å². The van der Waals surface area contributed by atoms with Crippen molar-refractivity contribution < 1.29 is 9.47 Å². The van der Waals surface area contributed by atoms with Crippen molar-refractivity contribution in [2.45, 2.75) is 69.9 Å². The Balaban J connectivity index is 1.48. The molecule has 2 aliphatic heterocycles. The summed E-state index contributed by atoms with van der Waals surface area (Å²) in [6.07, 6.45) is 7.03. The maximum Gasteiger partial charge on any atom is 0.132 e. The molecule has 1 aromatic rings. The summed E-state index contributed by atoms with van der Waals surface area (Å²) in [5.41, 5.74) is 8.04. The first kappa shape index (κ1) is 18.1. The number of hydrazine groups is 1. The standard InChI is InChI=1S/C19H31N5O2/c1-12(2)26-13-4-5-16-15(8-13)19(23-22-16)17-9-18(21-11-20-17)24-7-6-14(10-24)25-3/h9,11-16,19,22-23H,4-8,10H2,1-3H3/t13?,14-,15?,16?,19?/m0/s1. The Morgan fingerprint density at radius 3 is 2.81 bits per heavy atom. The van der Waals surface area contributed by atoms with Crippen LogP contribution in [0.4, 0.5) is 5.82 Å². The summed E-state index contributed by atoms with van der Waals surface area (Å²) in [7, 11) is 1.78. The van der Waals surface area contributed by atoms with Gasteiger partial charge in [0.1, 0.15) is 12.1 Å². The number of nitrogens with one attached hydrogen (secondary N) is 2. The highest BCUT2D eigenvalue weighted by Crippen LogP contribution is 2.39. The molecule has 1 saturated carbocycles. The molecular formula is C19H31N5O2. The number of hydrogen-bond donors (Lipinski definition) is 2. The lowest BCUT2D eigenvalue weighted by Gasteiger charge is -2.34. The lowest BCUT2D eigenvalue weighted by molar-refractivity contribution is -0.0276. The average molecular weight is 361 g/mol. The highest BCUT2D eigenvalue weighted by Gasteiger charge is 2.42. The molecule has 26 heavy (non-hydrogen) atoms. The van der Waals surface area contributed by atoms with Gasteiger partial charge in [-0.15, -0.1) is 0 Å². The van der Waals surface area contributed by atoms with Crippen molar-refractivity contribution >= 4 is 5.82 Å². The quantitative estimate of drug-likeness (QED) is 0.829. The van der Waals surface area contributed by atoms with Crippen LogP contribution in [0, 0.1) is 5.92 Å². The van der Waals surface area contributed by atoms with Crippen molar-refractivity contribution in [2.75, 3.05) is 25.1 Å². The summed E-state index contributed by atoms with van der Waals surface area (Å²) < 4.78 is 11.6. The zero-order valence-corrected chi connectivity index (χ0v) is 16.0. The van der Waals surface area contributed by atoms with Crippen molar-refractivity contribution in [2.24, 2.45) is 5.92 Å². The predicted octanol–water partition coefficient (Wildman–Crippen LogP) is 1.81. The lowest BCUT2D eigenvalue weighted by atomic mass is 9.79. The van der Waals surface area contributed by atoms with E-state index in [1.165, 1.54) is 0 Å². The van der Waals surface area contributed by atoms with Crippen LogP contribution in [0.25, 0.3) is 0 Å². The first-order chi connectivity index (χ1) is 12.6. The van der Waals surface area contributed by atoms with Gasteiger partial charge in [0.15, 0.2) is 0 Å². The van der Waals surface area contributed by atoms with E-state index in [4.69, 9.17) is 9.47 Å². The lowest BCUT2D eigenvalue weighted by Crippen LogP contribution is -2.38. The first-order valence-electron chi connectivity index (χ1n) is 9.90. The molecule has 2 N–H and O–H groups in total. The van der Waals surface area contributed by atoms with Gasteiger partial charge in [-0.25, -0.2) is 15.4 Å². The number of aromatic nitrogens is 2. The Morgan fingerprint density at radius 2 is 2.04 bits per heavy atom. The Kier molecular flexibility index (Phi) is 5.40. The van der Waals surface area contributed by atoms with Gasteiger partial charge in [0.2, 0.25) is 0 Å². The number of fused-ring (bicyclic) bond motifs is 1. The fourth-order valence-corrected chi connectivity index (χ4v) is 4.65. The fourth-order valence-electron chi connectivity index (χ4n) is 4.65. The predicted molar refractivity (Wildman–Crippen MR) is 99.8 cm³/mol. The maximum absolute atomic E-state index is 6.10. The smallest absolute Gasteiger partial charge is 0.132 e. The highest BCUT2D eigenvalue weighted by molar-refractivity contribution is 5.41. The van der Waals surface area contributed by atoms with Gasteiger partial charge in [0.25, 0.3) is 0 Å². The second-order valence-electron chi connectivity index (χ2n) is 8.05. The van der Waals surface area contributed by atoms with Gasteiger partial charge in [-0.3, -0.25) is 5.43 Å². The minimum Gasteiger partial charge on any atom is -0.380 e. The Labute approximate surface area is 155 Å². The number of anilines is 1. The molecule has 1 aromatic heterocycles. The number of nitrogens with zero attached hydrogens (tertiary/aromatic N) is 3. The van der Waals surface area contributed by atoms with E-state index >= 15 is 0 Å². The van der Waals surface area contributed by atoms with Gasteiger partial charge in [-0.05, 0) is 39.5 Å². The molecule has 7 heteroatoms. The van der Waals surface area contributed by atoms with Gasteiger partial charge in [0, 0.05) is 38.2 Å². The summed E-state index contributed by atoms with van der Waals surface area (Å²) in [4.78, 5) is 11.4. The van der Waals surface area contributed by atoms with E-state index in [0.717, 1.165) is 50.3 Å². The van der Waals surface area contributed by atoms with Gasteiger partial charge in [-0.2, -0.15) is 0 Å². The zero-order valence-electron chi connectivity index (χ0n) is 16.0. The van der Waals surface area contributed by atoms with Gasteiger partial charge in [0.05, 0.1) is 30.0 Å². The molecule has 3 heterocycles. The topological polar surface area (TPSA) is 71.5 Å². The molecule has 2 saturated heterocycles. The molecule has 0 bridgehead atoms. The number of ether oxygens (including phenoxy) is 2. The molecule has 0 aromatic carbocycles. The molecule has 1 aliphatic carbocycles. The van der Waals surface area contributed by atoms with E-state index in [9.17, 15) is 0 Å². The van der Waals surface area contributed by atoms with Crippen molar-refractivity contribution in [1.29, 1.82) is 0 Å². The van der Waals surface area contributed by atoms with Crippen molar-refractivity contribution in [1.82, 2.24) is 20.8 Å². The molecule has 3 fully saturated rings. The van der Waals surface area contributed by atoms with Crippen molar-refractivity contribution in [3.8, 4) is 0 Å². The van der Waals surface area contributed by atoms with Crippen molar-refractivity contribution in [3.05, 3.63) is 18.1 Å². The Morgan fingerprint density at radius 1 is 1.15 bits per heavy atom. The Bertz CT molecular complexity index is 613. The van der Waals surface area contributed by atoms with E-state index < -0.39 is 0 Å². The van der Waals surface area contributed by atoms with Gasteiger partial charge >= 0.3 is 0 Å². The van der Waals surface area contributed by atoms with Gasteiger partial charge in [-0.1, -0.05) is 0 Å². The van der Waals surface area contributed by atoms with Crippen LogP contribution in [0.5, 0.6) is 0 Å². The highest BCUT2D eigenvalue weighted by atomic mass is 16.5. The number of methoxy groups -OCH3 is 1. The summed E-state index contributed by atoms with van der Waals surface area (Å²) in [5.74, 6) is 1.51. The maximum atomic E-state index is 6.10. The van der Waals surface area contributed by atoms with E-state index in [0.29, 0.717) is 24.2 Å². The molecule has 4 rings (SSSR count). The molecular weight excluding hydrogens is 330 g/mol. The Hall–Kier alpha value is -1.28. The third-order valence-corrected chi connectivity index (χ3v) is 5.96. The molecule has 5 atom stereocenters. The molecule has 4 unspecified atom stereocenters. The van der Waals surface area contributed by atoms with Crippen LogP contribution < -0.4 is 15.8 Å². The third-order valence-electron chi connectivity index (χ3n) is 5.96. The largest absolute Gasteiger partial charge is 0.380 e. The summed E-state index contributed by atoms with van der Waals surface area (Å²) >= 11 is 0. The monoisotopic (exact) mass is 361 g/mol. The summed E-state index contributed by atoms with van der Waals surface area (Å²) in [5, 5.41) is 0. The summed E-state index contributed by atoms with van der Waals surface area (Å²) in [6.45, 7) is 6.13. The normalized spacial score (nSPS) is 34.5. The molecule has 0 amide bonds. The van der Waals surface area contributed by atoms with Crippen LogP contribution in [0.1, 0.15) is 51.3 Å². The second-order valence-corrected chi connectivity index (χ2v) is 8.05. The number of hydrogen-bond acceptors (Lipinski definition) is 7. The fraction of sp³-hybridized carbons (Fsp3) is 0.789. The second kappa shape index (κ2) is 7.76. The van der Waals surface area contributed by atoms with E-state index in [2.05, 4.69) is 45.6 Å².